The molecule has 0 radical (unpaired) electrons. The average Bonchev–Trinajstić information content (AvgIpc) is 3.40. The summed E-state index contributed by atoms with van der Waals surface area (Å²) in [5, 5.41) is 4.41. The van der Waals surface area contributed by atoms with E-state index in [9.17, 15) is 4.39 Å². The van der Waals surface area contributed by atoms with Crippen LogP contribution in [0.2, 0.25) is 0 Å². The second-order valence-electron chi connectivity index (χ2n) is 7.88. The molecule has 2 N–H and O–H groups in total. The number of benzene rings is 1. The van der Waals surface area contributed by atoms with Gasteiger partial charge in [-0.2, -0.15) is 0 Å². The summed E-state index contributed by atoms with van der Waals surface area (Å²) in [6, 6.07) is 4.86. The van der Waals surface area contributed by atoms with Crippen LogP contribution >= 0.6 is 24.0 Å². The van der Waals surface area contributed by atoms with Crippen LogP contribution < -0.4 is 5.32 Å². The Kier molecular flexibility index (Phi) is 8.76. The summed E-state index contributed by atoms with van der Waals surface area (Å²) in [5.41, 5.74) is 2.08. The van der Waals surface area contributed by atoms with Crippen molar-refractivity contribution in [2.24, 2.45) is 4.99 Å². The van der Waals surface area contributed by atoms with E-state index in [-0.39, 0.29) is 29.8 Å². The van der Waals surface area contributed by atoms with Gasteiger partial charge in [-0.25, -0.2) is 4.39 Å². The van der Waals surface area contributed by atoms with Gasteiger partial charge in [0.2, 0.25) is 0 Å². The number of aromatic nitrogens is 1. The van der Waals surface area contributed by atoms with E-state index in [0.29, 0.717) is 12.2 Å². The molecule has 2 aliphatic rings. The molecule has 3 heterocycles. The van der Waals surface area contributed by atoms with Gasteiger partial charge in [-0.1, -0.05) is 0 Å². The van der Waals surface area contributed by atoms with Crippen LogP contribution in [0.25, 0.3) is 10.9 Å². The van der Waals surface area contributed by atoms with Gasteiger partial charge >= 0.3 is 0 Å². The predicted molar refractivity (Wildman–Crippen MR) is 128 cm³/mol. The van der Waals surface area contributed by atoms with Gasteiger partial charge in [0.25, 0.3) is 0 Å². The molecule has 8 heteroatoms. The lowest BCUT2D eigenvalue weighted by atomic mass is 10.1. The maximum atomic E-state index is 13.5. The summed E-state index contributed by atoms with van der Waals surface area (Å²) < 4.78 is 25.2. The van der Waals surface area contributed by atoms with Crippen molar-refractivity contribution < 1.29 is 13.9 Å². The van der Waals surface area contributed by atoms with E-state index in [1.54, 1.807) is 12.1 Å². The minimum atomic E-state index is -0.202. The minimum absolute atomic E-state index is 0. The molecule has 2 aromatic rings. The largest absolute Gasteiger partial charge is 0.376 e. The Balaban J connectivity index is 0.00000256. The number of aromatic amines is 1. The molecule has 166 valence electrons. The molecule has 0 amide bonds. The Labute approximate surface area is 194 Å². The fourth-order valence-electron chi connectivity index (χ4n) is 4.25. The molecule has 0 bridgehead atoms. The van der Waals surface area contributed by atoms with Crippen molar-refractivity contribution in [3.05, 3.63) is 35.8 Å². The summed E-state index contributed by atoms with van der Waals surface area (Å²) in [5.74, 6) is 0.723. The Morgan fingerprint density at radius 1 is 1.33 bits per heavy atom. The Bertz CT molecular complexity index is 830. The van der Waals surface area contributed by atoms with Crippen molar-refractivity contribution in [1.29, 1.82) is 0 Å². The molecule has 1 aromatic heterocycles. The molecule has 0 aliphatic carbocycles. The molecule has 6 nitrogen and oxygen atoms in total. The summed E-state index contributed by atoms with van der Waals surface area (Å²) in [6.07, 6.45) is 7.68. The SMILES string of the molecule is CN=C(NCCc1c[nH]c2ccc(F)cc12)N1CCC(OCC2CCCO2)CC1.I. The molecule has 0 saturated carbocycles. The third-order valence-electron chi connectivity index (χ3n) is 5.90. The molecule has 30 heavy (non-hydrogen) atoms. The van der Waals surface area contributed by atoms with Gasteiger partial charge in [-0.3, -0.25) is 4.99 Å². The number of guanidine groups is 1. The highest BCUT2D eigenvalue weighted by molar-refractivity contribution is 14.0. The first-order valence-electron chi connectivity index (χ1n) is 10.7. The van der Waals surface area contributed by atoms with Gasteiger partial charge < -0.3 is 24.7 Å². The van der Waals surface area contributed by atoms with E-state index >= 15 is 0 Å². The number of fused-ring (bicyclic) bond motifs is 1. The number of nitrogens with zero attached hydrogens (tertiary/aromatic N) is 2. The van der Waals surface area contributed by atoms with Crippen LogP contribution in [-0.2, 0) is 15.9 Å². The van der Waals surface area contributed by atoms with E-state index in [1.165, 1.54) is 6.07 Å². The Morgan fingerprint density at radius 2 is 2.17 bits per heavy atom. The number of ether oxygens (including phenoxy) is 2. The lowest BCUT2D eigenvalue weighted by Crippen LogP contribution is -2.47. The zero-order valence-electron chi connectivity index (χ0n) is 17.5. The van der Waals surface area contributed by atoms with Crippen LogP contribution in [0, 0.1) is 5.82 Å². The number of H-pyrrole nitrogens is 1. The van der Waals surface area contributed by atoms with Gasteiger partial charge in [0.05, 0.1) is 18.8 Å². The topological polar surface area (TPSA) is 61.9 Å². The number of halogens is 2. The predicted octanol–water partition coefficient (Wildman–Crippen LogP) is 3.70. The molecular weight excluding hydrogens is 498 g/mol. The standard InChI is InChI=1S/C22H31FN4O2.HI/c1-24-22(25-9-6-16-14-26-21-5-4-17(23)13-20(16)21)27-10-7-18(8-11-27)29-15-19-3-2-12-28-19;/h4-5,13-14,18-19,26H,2-3,6-12,15H2,1H3,(H,24,25);1H. The summed E-state index contributed by atoms with van der Waals surface area (Å²) in [6.45, 7) is 4.23. The normalized spacial score (nSPS) is 20.5. The van der Waals surface area contributed by atoms with Crippen molar-refractivity contribution in [3.8, 4) is 0 Å². The molecule has 2 saturated heterocycles. The highest BCUT2D eigenvalue weighted by atomic mass is 127. The summed E-state index contributed by atoms with van der Waals surface area (Å²) in [7, 11) is 1.82. The van der Waals surface area contributed by atoms with Crippen molar-refractivity contribution in [1.82, 2.24) is 15.2 Å². The number of likely N-dealkylation sites (tertiary alicyclic amines) is 1. The average molecular weight is 530 g/mol. The molecule has 1 aromatic carbocycles. The van der Waals surface area contributed by atoms with Crippen molar-refractivity contribution in [2.45, 2.75) is 44.3 Å². The number of piperidine rings is 1. The maximum absolute atomic E-state index is 13.5. The van der Waals surface area contributed by atoms with Gasteiger partial charge in [0.1, 0.15) is 5.82 Å². The lowest BCUT2D eigenvalue weighted by molar-refractivity contribution is -0.0367. The smallest absolute Gasteiger partial charge is 0.193 e. The first-order valence-corrected chi connectivity index (χ1v) is 10.7. The zero-order valence-corrected chi connectivity index (χ0v) is 19.9. The Hall–Kier alpha value is -1.39. The van der Waals surface area contributed by atoms with Gasteiger partial charge in [0, 0.05) is 50.4 Å². The highest BCUT2D eigenvalue weighted by Crippen LogP contribution is 2.20. The molecule has 1 atom stereocenters. The number of aliphatic imine (C=N–C) groups is 1. The number of hydrogen-bond donors (Lipinski definition) is 2. The van der Waals surface area contributed by atoms with Gasteiger partial charge in [-0.05, 0) is 55.9 Å². The molecule has 1 unspecified atom stereocenters. The van der Waals surface area contributed by atoms with Crippen LogP contribution in [-0.4, -0.2) is 67.9 Å². The van der Waals surface area contributed by atoms with E-state index in [1.807, 2.05) is 13.2 Å². The second-order valence-corrected chi connectivity index (χ2v) is 7.88. The van der Waals surface area contributed by atoms with Crippen LogP contribution in [0.5, 0.6) is 0 Å². The minimum Gasteiger partial charge on any atom is -0.376 e. The fourth-order valence-corrected chi connectivity index (χ4v) is 4.25. The summed E-state index contributed by atoms with van der Waals surface area (Å²) in [4.78, 5) is 9.95. The van der Waals surface area contributed by atoms with Crippen LogP contribution in [0.3, 0.4) is 0 Å². The highest BCUT2D eigenvalue weighted by Gasteiger charge is 2.24. The summed E-state index contributed by atoms with van der Waals surface area (Å²) >= 11 is 0. The first-order chi connectivity index (χ1) is 14.2. The maximum Gasteiger partial charge on any atom is 0.193 e. The van der Waals surface area contributed by atoms with Gasteiger partial charge in [0.15, 0.2) is 5.96 Å². The van der Waals surface area contributed by atoms with Gasteiger partial charge in [-0.15, -0.1) is 24.0 Å². The van der Waals surface area contributed by atoms with Crippen LogP contribution in [0.15, 0.2) is 29.4 Å². The van der Waals surface area contributed by atoms with Crippen LogP contribution in [0.4, 0.5) is 4.39 Å². The third kappa shape index (κ3) is 5.85. The fraction of sp³-hybridized carbons (Fsp3) is 0.591. The Morgan fingerprint density at radius 3 is 2.90 bits per heavy atom. The van der Waals surface area contributed by atoms with Crippen molar-refractivity contribution >= 4 is 40.8 Å². The zero-order chi connectivity index (χ0) is 20.1. The second kappa shape index (κ2) is 11.3. The monoisotopic (exact) mass is 530 g/mol. The van der Waals surface area contributed by atoms with E-state index in [2.05, 4.69) is 20.2 Å². The molecule has 0 spiro atoms. The first kappa shape index (κ1) is 23.3. The molecule has 2 aliphatic heterocycles. The third-order valence-corrected chi connectivity index (χ3v) is 5.90. The number of rotatable bonds is 6. The van der Waals surface area contributed by atoms with Crippen molar-refractivity contribution in [3.63, 3.8) is 0 Å². The quantitative estimate of drug-likeness (QED) is 0.340. The van der Waals surface area contributed by atoms with Crippen molar-refractivity contribution in [2.75, 3.05) is 39.9 Å². The number of nitrogens with one attached hydrogen (secondary N) is 2. The lowest BCUT2D eigenvalue weighted by Gasteiger charge is -2.34. The van der Waals surface area contributed by atoms with E-state index in [0.717, 1.165) is 87.4 Å². The van der Waals surface area contributed by atoms with E-state index < -0.39 is 0 Å². The molecule has 4 rings (SSSR count). The molecular formula is C22H32FIN4O2. The van der Waals surface area contributed by atoms with E-state index in [4.69, 9.17) is 9.47 Å². The molecule has 2 fully saturated rings. The number of hydrogen-bond acceptors (Lipinski definition) is 3. The van der Waals surface area contributed by atoms with Crippen LogP contribution in [0.1, 0.15) is 31.2 Å².